The number of aromatic nitrogens is 2. The van der Waals surface area contributed by atoms with Crippen LogP contribution < -0.4 is 0 Å². The summed E-state index contributed by atoms with van der Waals surface area (Å²) in [6.45, 7) is 6.24. The molecular weight excluding hydrogens is 370 g/mol. The smallest absolute Gasteiger partial charge is 0.414 e. The molecule has 0 saturated carbocycles. The number of fused-ring (bicyclic) bond motifs is 1. The predicted octanol–water partition coefficient (Wildman–Crippen LogP) is 3.18. The summed E-state index contributed by atoms with van der Waals surface area (Å²) in [5.41, 5.74) is 4.13. The topological polar surface area (TPSA) is 95.7 Å². The fourth-order valence-electron chi connectivity index (χ4n) is 4.16. The maximum atomic E-state index is 9.10. The van der Waals surface area contributed by atoms with E-state index >= 15 is 0 Å². The van der Waals surface area contributed by atoms with Gasteiger partial charge in [-0.1, -0.05) is 25.1 Å². The molecular formula is C22H29N3O4. The maximum Gasteiger partial charge on any atom is 0.414 e. The number of aliphatic carboxylic acids is 2. The molecule has 2 aromatic rings. The first-order valence-corrected chi connectivity index (χ1v) is 10.3. The molecule has 1 aliphatic heterocycles. The molecule has 4 rings (SSSR count). The number of carboxylic acids is 2. The maximum absolute atomic E-state index is 9.10. The van der Waals surface area contributed by atoms with Crippen LogP contribution in [0.1, 0.15) is 49.8 Å². The average molecular weight is 399 g/mol. The quantitative estimate of drug-likeness (QED) is 0.767. The molecule has 0 amide bonds. The van der Waals surface area contributed by atoms with Gasteiger partial charge in [-0.05, 0) is 81.3 Å². The second kappa shape index (κ2) is 9.69. The lowest BCUT2D eigenvalue weighted by Crippen LogP contribution is -2.34. The van der Waals surface area contributed by atoms with E-state index < -0.39 is 11.9 Å². The highest BCUT2D eigenvalue weighted by atomic mass is 16.4. The van der Waals surface area contributed by atoms with Gasteiger partial charge in [-0.15, -0.1) is 0 Å². The fraction of sp³-hybridized carbons (Fsp3) is 0.500. The van der Waals surface area contributed by atoms with E-state index in [2.05, 4.69) is 58.1 Å². The summed E-state index contributed by atoms with van der Waals surface area (Å²) in [6, 6.07) is 10.5. The van der Waals surface area contributed by atoms with E-state index in [1.54, 1.807) is 0 Å². The standard InChI is InChI=1S/C20H27N3.C2H2O4/c1-16-9-12-22(13-10-16)14-11-17-7-8-20-19(17)15-21-23(20)18-5-3-2-4-6-18;3-1(4)2(5)6/h2-6,15-17H,7-14H2,1H3;(H,3,4)(H,5,6). The number of benzene rings is 1. The van der Waals surface area contributed by atoms with E-state index in [1.165, 1.54) is 68.7 Å². The minimum absolute atomic E-state index is 0.710. The van der Waals surface area contributed by atoms with Crippen molar-refractivity contribution in [1.82, 2.24) is 14.7 Å². The summed E-state index contributed by atoms with van der Waals surface area (Å²) >= 11 is 0. The molecule has 1 aliphatic carbocycles. The van der Waals surface area contributed by atoms with Crippen LogP contribution in [0.25, 0.3) is 5.69 Å². The lowest BCUT2D eigenvalue weighted by atomic mass is 9.96. The summed E-state index contributed by atoms with van der Waals surface area (Å²) in [6.07, 6.45) is 8.64. The normalized spacial score (nSPS) is 19.3. The lowest BCUT2D eigenvalue weighted by Gasteiger charge is -2.30. The molecule has 1 unspecified atom stereocenters. The van der Waals surface area contributed by atoms with Gasteiger partial charge in [-0.2, -0.15) is 5.10 Å². The Bertz CT molecular complexity index is 814. The molecule has 0 bridgehead atoms. The van der Waals surface area contributed by atoms with Gasteiger partial charge in [-0.3, -0.25) is 0 Å². The highest BCUT2D eigenvalue weighted by Gasteiger charge is 2.27. The first-order chi connectivity index (χ1) is 14.0. The van der Waals surface area contributed by atoms with Crippen LogP contribution in [0.2, 0.25) is 0 Å². The lowest BCUT2D eigenvalue weighted by molar-refractivity contribution is -0.159. The van der Waals surface area contributed by atoms with Gasteiger partial charge in [-0.25, -0.2) is 14.3 Å². The number of para-hydroxylation sites is 1. The molecule has 1 aromatic heterocycles. The van der Waals surface area contributed by atoms with Crippen molar-refractivity contribution in [2.75, 3.05) is 19.6 Å². The summed E-state index contributed by atoms with van der Waals surface area (Å²) in [7, 11) is 0. The SMILES string of the molecule is CC1CCN(CCC2CCc3c2cnn3-c2ccccc2)CC1.O=C(O)C(=O)O. The molecule has 7 heteroatoms. The Labute approximate surface area is 171 Å². The van der Waals surface area contributed by atoms with Gasteiger partial charge in [0.15, 0.2) is 0 Å². The van der Waals surface area contributed by atoms with Crippen molar-refractivity contribution in [3.63, 3.8) is 0 Å². The molecule has 0 spiro atoms. The van der Waals surface area contributed by atoms with E-state index in [1.807, 2.05) is 0 Å². The summed E-state index contributed by atoms with van der Waals surface area (Å²) < 4.78 is 2.15. The zero-order valence-electron chi connectivity index (χ0n) is 16.8. The van der Waals surface area contributed by atoms with Crippen molar-refractivity contribution < 1.29 is 19.8 Å². The van der Waals surface area contributed by atoms with Gasteiger partial charge in [0.1, 0.15) is 0 Å². The average Bonchev–Trinajstić information content (AvgIpc) is 3.31. The second-order valence-corrected chi connectivity index (χ2v) is 7.95. The Morgan fingerprint density at radius 1 is 1.07 bits per heavy atom. The van der Waals surface area contributed by atoms with Gasteiger partial charge in [0.25, 0.3) is 0 Å². The molecule has 1 atom stereocenters. The third-order valence-electron chi connectivity index (χ3n) is 5.92. The molecule has 7 nitrogen and oxygen atoms in total. The van der Waals surface area contributed by atoms with E-state index in [0.29, 0.717) is 5.92 Å². The van der Waals surface area contributed by atoms with Gasteiger partial charge in [0.2, 0.25) is 0 Å². The van der Waals surface area contributed by atoms with Gasteiger partial charge in [0.05, 0.1) is 11.9 Å². The zero-order chi connectivity index (χ0) is 20.8. The van der Waals surface area contributed by atoms with Crippen molar-refractivity contribution in [2.45, 2.75) is 44.9 Å². The van der Waals surface area contributed by atoms with E-state index in [0.717, 1.165) is 5.92 Å². The summed E-state index contributed by atoms with van der Waals surface area (Å²) in [4.78, 5) is 20.9. The molecule has 1 aromatic carbocycles. The third kappa shape index (κ3) is 5.44. The Morgan fingerprint density at radius 3 is 2.34 bits per heavy atom. The molecule has 156 valence electrons. The van der Waals surface area contributed by atoms with Crippen LogP contribution in [0.4, 0.5) is 0 Å². The Kier molecular flexibility index (Phi) is 7.04. The first kappa shape index (κ1) is 21.0. The fourth-order valence-corrected chi connectivity index (χ4v) is 4.16. The molecule has 2 N–H and O–H groups in total. The van der Waals surface area contributed by atoms with Gasteiger partial charge in [0, 0.05) is 5.69 Å². The van der Waals surface area contributed by atoms with Crippen molar-refractivity contribution in [3.8, 4) is 5.69 Å². The largest absolute Gasteiger partial charge is 0.473 e. The zero-order valence-corrected chi connectivity index (χ0v) is 16.8. The number of likely N-dealkylation sites (tertiary alicyclic amines) is 1. The van der Waals surface area contributed by atoms with Crippen molar-refractivity contribution in [3.05, 3.63) is 47.8 Å². The van der Waals surface area contributed by atoms with Crippen LogP contribution in [0, 0.1) is 5.92 Å². The van der Waals surface area contributed by atoms with E-state index in [-0.39, 0.29) is 0 Å². The van der Waals surface area contributed by atoms with Crippen LogP contribution in [-0.4, -0.2) is 56.5 Å². The number of nitrogens with zero attached hydrogens (tertiary/aromatic N) is 3. The van der Waals surface area contributed by atoms with Crippen LogP contribution >= 0.6 is 0 Å². The Hall–Kier alpha value is -2.67. The van der Waals surface area contributed by atoms with Crippen molar-refractivity contribution >= 4 is 11.9 Å². The number of carboxylic acid groups (broad SMARTS) is 2. The minimum atomic E-state index is -1.82. The Morgan fingerprint density at radius 2 is 1.72 bits per heavy atom. The molecule has 0 radical (unpaired) electrons. The molecule has 1 fully saturated rings. The van der Waals surface area contributed by atoms with Gasteiger partial charge < -0.3 is 15.1 Å². The highest BCUT2D eigenvalue weighted by Crippen LogP contribution is 2.36. The molecule has 2 aliphatic rings. The number of rotatable bonds is 4. The predicted molar refractivity (Wildman–Crippen MR) is 109 cm³/mol. The van der Waals surface area contributed by atoms with E-state index in [4.69, 9.17) is 19.8 Å². The summed E-state index contributed by atoms with van der Waals surface area (Å²) in [5.74, 6) is -2.01. The van der Waals surface area contributed by atoms with Crippen molar-refractivity contribution in [2.24, 2.45) is 5.92 Å². The monoisotopic (exact) mass is 399 g/mol. The highest BCUT2D eigenvalue weighted by molar-refractivity contribution is 6.27. The molecule has 2 heterocycles. The minimum Gasteiger partial charge on any atom is -0.473 e. The second-order valence-electron chi connectivity index (χ2n) is 7.95. The number of carbonyl (C=O) groups is 2. The van der Waals surface area contributed by atoms with Crippen LogP contribution in [0.5, 0.6) is 0 Å². The van der Waals surface area contributed by atoms with Gasteiger partial charge >= 0.3 is 11.9 Å². The van der Waals surface area contributed by atoms with Crippen LogP contribution in [-0.2, 0) is 16.0 Å². The Balaban J connectivity index is 0.000000353. The third-order valence-corrected chi connectivity index (χ3v) is 5.92. The molecule has 29 heavy (non-hydrogen) atoms. The number of hydrogen-bond donors (Lipinski definition) is 2. The first-order valence-electron chi connectivity index (χ1n) is 10.3. The van der Waals surface area contributed by atoms with Crippen LogP contribution in [0.15, 0.2) is 36.5 Å². The van der Waals surface area contributed by atoms with E-state index in [9.17, 15) is 0 Å². The number of hydrogen-bond acceptors (Lipinski definition) is 4. The van der Waals surface area contributed by atoms with Crippen molar-refractivity contribution in [1.29, 1.82) is 0 Å². The summed E-state index contributed by atoms with van der Waals surface area (Å²) in [5, 5.41) is 19.4. The van der Waals surface area contributed by atoms with Crippen LogP contribution in [0.3, 0.4) is 0 Å². The molecule has 1 saturated heterocycles. The number of piperidine rings is 1.